The molecule has 0 aromatic carbocycles. The van der Waals surface area contributed by atoms with Crippen LogP contribution in [0.1, 0.15) is 53.4 Å². The third-order valence-electron chi connectivity index (χ3n) is 3.79. The third-order valence-corrected chi connectivity index (χ3v) is 3.79. The predicted molar refractivity (Wildman–Crippen MR) is 60.3 cm³/mol. The Balaban J connectivity index is 2.82. The molecule has 1 fully saturated rings. The van der Waals surface area contributed by atoms with Crippen LogP contribution in [0.2, 0.25) is 0 Å². The van der Waals surface area contributed by atoms with Gasteiger partial charge in [-0.2, -0.15) is 0 Å². The zero-order valence-electron chi connectivity index (χ0n) is 10.1. The fraction of sp³-hybridized carbons (Fsp3) is 1.00. The summed E-state index contributed by atoms with van der Waals surface area (Å²) < 4.78 is 0. The van der Waals surface area contributed by atoms with Crippen molar-refractivity contribution in [1.82, 2.24) is 5.32 Å². The zero-order valence-corrected chi connectivity index (χ0v) is 10.1. The van der Waals surface area contributed by atoms with Gasteiger partial charge in [0.2, 0.25) is 0 Å². The molecule has 0 heterocycles. The summed E-state index contributed by atoms with van der Waals surface area (Å²) in [6.45, 7) is 9.12. The van der Waals surface area contributed by atoms with Crippen LogP contribution in [-0.2, 0) is 0 Å². The molecule has 0 amide bonds. The lowest BCUT2D eigenvalue weighted by Gasteiger charge is -2.51. The molecular formula is C12H25NO. The fourth-order valence-corrected chi connectivity index (χ4v) is 2.73. The molecule has 0 radical (unpaired) electrons. The Hall–Kier alpha value is -0.0800. The van der Waals surface area contributed by atoms with Crippen LogP contribution in [0.3, 0.4) is 0 Å². The zero-order chi connectivity index (χ0) is 10.8. The number of nitrogens with one attached hydrogen (secondary N) is 1. The second kappa shape index (κ2) is 4.19. The van der Waals surface area contributed by atoms with E-state index in [0.29, 0.717) is 6.04 Å². The van der Waals surface area contributed by atoms with Gasteiger partial charge in [0.05, 0.1) is 6.61 Å². The van der Waals surface area contributed by atoms with Crippen molar-refractivity contribution < 1.29 is 5.11 Å². The van der Waals surface area contributed by atoms with Crippen LogP contribution in [0.4, 0.5) is 0 Å². The molecule has 2 nitrogen and oxygen atoms in total. The Labute approximate surface area is 88.1 Å². The molecule has 1 unspecified atom stereocenters. The van der Waals surface area contributed by atoms with E-state index in [-0.39, 0.29) is 17.6 Å². The number of aliphatic hydroxyl groups is 1. The van der Waals surface area contributed by atoms with Crippen molar-refractivity contribution in [2.75, 3.05) is 6.61 Å². The lowest BCUT2D eigenvalue weighted by atomic mass is 9.63. The van der Waals surface area contributed by atoms with E-state index < -0.39 is 0 Å². The molecule has 2 heteroatoms. The van der Waals surface area contributed by atoms with Crippen molar-refractivity contribution in [3.63, 3.8) is 0 Å². The number of rotatable bonds is 3. The van der Waals surface area contributed by atoms with Gasteiger partial charge in [0, 0.05) is 11.6 Å². The van der Waals surface area contributed by atoms with Crippen LogP contribution in [0.5, 0.6) is 0 Å². The van der Waals surface area contributed by atoms with Crippen molar-refractivity contribution in [3.05, 3.63) is 0 Å². The molecule has 14 heavy (non-hydrogen) atoms. The summed E-state index contributed by atoms with van der Waals surface area (Å²) in [6.07, 6.45) is 4.86. The minimum absolute atomic E-state index is 0.0561. The van der Waals surface area contributed by atoms with Gasteiger partial charge in [0.15, 0.2) is 0 Å². The number of aliphatic hydroxyl groups excluding tert-OH is 1. The first-order valence-corrected chi connectivity index (χ1v) is 5.82. The van der Waals surface area contributed by atoms with Crippen molar-refractivity contribution in [3.8, 4) is 0 Å². The summed E-state index contributed by atoms with van der Waals surface area (Å²) in [6, 6.07) is 0.444. The largest absolute Gasteiger partial charge is 0.394 e. The molecule has 84 valence electrons. The minimum atomic E-state index is -0.0561. The predicted octanol–water partition coefficient (Wildman–Crippen LogP) is 2.32. The number of hydrogen-bond acceptors (Lipinski definition) is 2. The first kappa shape index (κ1) is 12.0. The van der Waals surface area contributed by atoms with E-state index in [1.807, 2.05) is 0 Å². The van der Waals surface area contributed by atoms with Gasteiger partial charge in [0.1, 0.15) is 0 Å². The summed E-state index contributed by atoms with van der Waals surface area (Å²) in [5, 5.41) is 13.2. The van der Waals surface area contributed by atoms with E-state index in [1.165, 1.54) is 19.3 Å². The molecule has 0 saturated heterocycles. The van der Waals surface area contributed by atoms with Crippen LogP contribution in [0.15, 0.2) is 0 Å². The maximum Gasteiger partial charge on any atom is 0.0618 e. The van der Waals surface area contributed by atoms with E-state index in [0.717, 1.165) is 6.42 Å². The van der Waals surface area contributed by atoms with Crippen LogP contribution in [0.25, 0.3) is 0 Å². The topological polar surface area (TPSA) is 32.3 Å². The van der Waals surface area contributed by atoms with Gasteiger partial charge in [-0.3, -0.25) is 0 Å². The highest BCUT2D eigenvalue weighted by Crippen LogP contribution is 2.43. The molecule has 0 aliphatic heterocycles. The van der Waals surface area contributed by atoms with Crippen LogP contribution < -0.4 is 5.32 Å². The van der Waals surface area contributed by atoms with E-state index in [1.54, 1.807) is 0 Å². The summed E-state index contributed by atoms with van der Waals surface area (Å²) in [4.78, 5) is 0. The summed E-state index contributed by atoms with van der Waals surface area (Å²) in [5.74, 6) is 0. The highest BCUT2D eigenvalue weighted by Gasteiger charge is 2.46. The average molecular weight is 199 g/mol. The molecule has 1 atom stereocenters. The molecule has 1 saturated carbocycles. The monoisotopic (exact) mass is 199 g/mol. The fourth-order valence-electron chi connectivity index (χ4n) is 2.73. The van der Waals surface area contributed by atoms with Gasteiger partial charge in [-0.1, -0.05) is 40.5 Å². The van der Waals surface area contributed by atoms with E-state index >= 15 is 0 Å². The Morgan fingerprint density at radius 2 is 1.79 bits per heavy atom. The van der Waals surface area contributed by atoms with E-state index in [4.69, 9.17) is 0 Å². The van der Waals surface area contributed by atoms with E-state index in [2.05, 4.69) is 33.0 Å². The second-order valence-electron chi connectivity index (χ2n) is 5.63. The minimum Gasteiger partial charge on any atom is -0.394 e. The van der Waals surface area contributed by atoms with Gasteiger partial charge in [-0.25, -0.2) is 0 Å². The SMILES string of the molecule is CC(C)NC1(CO)CCCCC1(C)C. The Morgan fingerprint density at radius 3 is 2.21 bits per heavy atom. The Bertz CT molecular complexity index is 189. The van der Waals surface area contributed by atoms with Crippen molar-refractivity contribution >= 4 is 0 Å². The molecule has 0 bridgehead atoms. The lowest BCUT2D eigenvalue weighted by molar-refractivity contribution is 0.00485. The van der Waals surface area contributed by atoms with Crippen molar-refractivity contribution in [1.29, 1.82) is 0 Å². The quantitative estimate of drug-likeness (QED) is 0.731. The average Bonchev–Trinajstić information content (AvgIpc) is 2.08. The number of hydrogen-bond donors (Lipinski definition) is 2. The first-order valence-electron chi connectivity index (χ1n) is 5.82. The molecule has 0 aromatic heterocycles. The smallest absolute Gasteiger partial charge is 0.0618 e. The maximum absolute atomic E-state index is 9.66. The molecule has 1 aliphatic rings. The molecule has 0 aromatic rings. The van der Waals surface area contributed by atoms with E-state index in [9.17, 15) is 5.11 Å². The molecule has 2 N–H and O–H groups in total. The highest BCUT2D eigenvalue weighted by atomic mass is 16.3. The maximum atomic E-state index is 9.66. The normalized spacial score (nSPS) is 32.1. The van der Waals surface area contributed by atoms with Crippen molar-refractivity contribution in [2.45, 2.75) is 65.0 Å². The summed E-state index contributed by atoms with van der Waals surface area (Å²) in [5.41, 5.74) is 0.156. The summed E-state index contributed by atoms with van der Waals surface area (Å²) in [7, 11) is 0. The summed E-state index contributed by atoms with van der Waals surface area (Å²) >= 11 is 0. The van der Waals surface area contributed by atoms with Gasteiger partial charge in [0.25, 0.3) is 0 Å². The van der Waals surface area contributed by atoms with Gasteiger partial charge >= 0.3 is 0 Å². The molecular weight excluding hydrogens is 174 g/mol. The Kier molecular flexibility index (Phi) is 3.59. The second-order valence-corrected chi connectivity index (χ2v) is 5.63. The van der Waals surface area contributed by atoms with Crippen LogP contribution >= 0.6 is 0 Å². The standard InChI is InChI=1S/C12H25NO/c1-10(2)13-12(9-14)8-6-5-7-11(12,3)4/h10,13-14H,5-9H2,1-4H3. The third kappa shape index (κ3) is 2.12. The molecule has 0 spiro atoms. The van der Waals surface area contributed by atoms with Crippen LogP contribution in [-0.4, -0.2) is 23.3 Å². The Morgan fingerprint density at radius 1 is 1.21 bits per heavy atom. The molecule has 1 aliphatic carbocycles. The first-order chi connectivity index (χ1) is 6.43. The van der Waals surface area contributed by atoms with Crippen molar-refractivity contribution in [2.24, 2.45) is 5.41 Å². The lowest BCUT2D eigenvalue weighted by Crippen LogP contribution is -2.62. The van der Waals surface area contributed by atoms with Gasteiger partial charge in [-0.15, -0.1) is 0 Å². The molecule has 1 rings (SSSR count). The highest BCUT2D eigenvalue weighted by molar-refractivity contribution is 5.03. The van der Waals surface area contributed by atoms with Crippen LogP contribution in [0, 0.1) is 5.41 Å². The van der Waals surface area contributed by atoms with Gasteiger partial charge in [-0.05, 0) is 18.3 Å². The van der Waals surface area contributed by atoms with Gasteiger partial charge < -0.3 is 10.4 Å².